The van der Waals surface area contributed by atoms with Crippen molar-refractivity contribution in [2.24, 2.45) is 0 Å². The van der Waals surface area contributed by atoms with Crippen LogP contribution in [0.2, 0.25) is 0 Å². The van der Waals surface area contributed by atoms with E-state index in [-0.39, 0.29) is 19.6 Å². The normalized spacial score (nSPS) is 21.4. The van der Waals surface area contributed by atoms with Crippen LogP contribution in [0.15, 0.2) is 0 Å². The predicted molar refractivity (Wildman–Crippen MR) is 56.0 cm³/mol. The van der Waals surface area contributed by atoms with Crippen LogP contribution in [0.3, 0.4) is 0 Å². The minimum absolute atomic E-state index is 0.102. The van der Waals surface area contributed by atoms with Gasteiger partial charge in [-0.25, -0.2) is 12.7 Å². The lowest BCUT2D eigenvalue weighted by molar-refractivity contribution is -0.143. The van der Waals surface area contributed by atoms with Crippen molar-refractivity contribution < 1.29 is 22.7 Å². The lowest BCUT2D eigenvalue weighted by Crippen LogP contribution is -2.67. The third-order valence-electron chi connectivity index (χ3n) is 2.50. The molecule has 0 bridgehead atoms. The van der Waals surface area contributed by atoms with Gasteiger partial charge in [0.05, 0.1) is 13.0 Å². The van der Waals surface area contributed by atoms with E-state index in [0.717, 1.165) is 4.31 Å². The molecule has 0 unspecified atom stereocenters. The first-order valence-electron chi connectivity index (χ1n) is 4.97. The first-order chi connectivity index (χ1) is 7.25. The summed E-state index contributed by atoms with van der Waals surface area (Å²) >= 11 is 0. The molecule has 92 valence electrons. The lowest BCUT2D eigenvalue weighted by Gasteiger charge is -2.42. The van der Waals surface area contributed by atoms with Gasteiger partial charge < -0.3 is 4.74 Å². The Kier molecular flexibility index (Phi) is 3.27. The van der Waals surface area contributed by atoms with Crippen LogP contribution in [0, 0.1) is 0 Å². The minimum atomic E-state index is -3.58. The van der Waals surface area contributed by atoms with E-state index in [4.69, 9.17) is 0 Å². The number of carbonyl (C=O) groups excluding carboxylic acids is 2. The third-order valence-corrected chi connectivity index (χ3v) is 4.89. The number of sulfonamides is 1. The van der Waals surface area contributed by atoms with E-state index in [2.05, 4.69) is 4.74 Å². The van der Waals surface area contributed by atoms with Gasteiger partial charge in [-0.1, -0.05) is 0 Å². The summed E-state index contributed by atoms with van der Waals surface area (Å²) in [6.45, 7) is 4.47. The van der Waals surface area contributed by atoms with E-state index in [1.54, 1.807) is 6.92 Å². The van der Waals surface area contributed by atoms with Crippen LogP contribution < -0.4 is 0 Å². The van der Waals surface area contributed by atoms with Gasteiger partial charge in [0.1, 0.15) is 0 Å². The predicted octanol–water partition coefficient (Wildman–Crippen LogP) is -0.110. The van der Waals surface area contributed by atoms with Crippen molar-refractivity contribution in [2.75, 3.05) is 13.2 Å². The van der Waals surface area contributed by atoms with Gasteiger partial charge in [-0.05, 0) is 20.8 Å². The van der Waals surface area contributed by atoms with E-state index in [1.165, 1.54) is 13.8 Å². The molecule has 1 aliphatic heterocycles. The fraction of sp³-hybridized carbons (Fsp3) is 0.778. The van der Waals surface area contributed by atoms with E-state index in [1.807, 2.05) is 0 Å². The first-order valence-corrected chi connectivity index (χ1v) is 6.41. The molecule has 6 nitrogen and oxygen atoms in total. The molecule has 1 amide bonds. The number of esters is 1. The fourth-order valence-electron chi connectivity index (χ4n) is 1.40. The molecule has 1 heterocycles. The monoisotopic (exact) mass is 249 g/mol. The molecule has 1 fully saturated rings. The molecule has 16 heavy (non-hydrogen) atoms. The fourth-order valence-corrected chi connectivity index (χ4v) is 2.93. The molecule has 0 N–H and O–H groups in total. The van der Waals surface area contributed by atoms with Crippen molar-refractivity contribution in [1.82, 2.24) is 4.31 Å². The smallest absolute Gasteiger partial charge is 0.307 e. The zero-order chi connectivity index (χ0) is 12.6. The average molecular weight is 249 g/mol. The Morgan fingerprint density at radius 3 is 2.44 bits per heavy atom. The van der Waals surface area contributed by atoms with Crippen molar-refractivity contribution in [1.29, 1.82) is 0 Å². The Morgan fingerprint density at radius 1 is 1.44 bits per heavy atom. The van der Waals surface area contributed by atoms with E-state index >= 15 is 0 Å². The van der Waals surface area contributed by atoms with Crippen molar-refractivity contribution in [3.63, 3.8) is 0 Å². The largest absolute Gasteiger partial charge is 0.466 e. The zero-order valence-electron chi connectivity index (χ0n) is 9.52. The van der Waals surface area contributed by atoms with Crippen LogP contribution in [0.25, 0.3) is 0 Å². The average Bonchev–Trinajstić information content (AvgIpc) is 2.17. The summed E-state index contributed by atoms with van der Waals surface area (Å²) in [7, 11) is -3.58. The van der Waals surface area contributed by atoms with Crippen LogP contribution >= 0.6 is 0 Å². The van der Waals surface area contributed by atoms with E-state index in [0.29, 0.717) is 0 Å². The van der Waals surface area contributed by atoms with Gasteiger partial charge in [-0.15, -0.1) is 0 Å². The standard InChI is InChI=1S/C9H15NO5S/c1-4-15-7(11)5-6-10-8(12)9(2,3)16(10,13)14/h4-6H2,1-3H3. The van der Waals surface area contributed by atoms with Gasteiger partial charge in [0.25, 0.3) is 15.9 Å². The number of carbonyl (C=O) groups is 2. The molecule has 0 aromatic heterocycles. The maximum atomic E-state index is 11.6. The van der Waals surface area contributed by atoms with Crippen LogP contribution in [-0.4, -0.2) is 42.5 Å². The Hall–Kier alpha value is -1.11. The highest BCUT2D eigenvalue weighted by molar-refractivity contribution is 7.94. The highest BCUT2D eigenvalue weighted by Crippen LogP contribution is 2.34. The molecule has 0 aromatic rings. The van der Waals surface area contributed by atoms with Crippen LogP contribution in [0.5, 0.6) is 0 Å². The van der Waals surface area contributed by atoms with Crippen LogP contribution in [0.4, 0.5) is 0 Å². The minimum Gasteiger partial charge on any atom is -0.466 e. The molecule has 7 heteroatoms. The van der Waals surface area contributed by atoms with Crippen molar-refractivity contribution in [2.45, 2.75) is 31.9 Å². The van der Waals surface area contributed by atoms with Gasteiger partial charge in [-0.3, -0.25) is 9.59 Å². The first kappa shape index (κ1) is 13.0. The molecule has 0 atom stereocenters. The molecule has 0 aliphatic carbocycles. The van der Waals surface area contributed by atoms with E-state index < -0.39 is 26.6 Å². The number of ether oxygens (including phenoxy) is 1. The maximum Gasteiger partial charge on any atom is 0.307 e. The van der Waals surface area contributed by atoms with Crippen molar-refractivity contribution in [3.8, 4) is 0 Å². The Morgan fingerprint density at radius 2 is 2.00 bits per heavy atom. The molecule has 0 saturated carbocycles. The summed E-state index contributed by atoms with van der Waals surface area (Å²) in [5.41, 5.74) is 0. The molecular weight excluding hydrogens is 234 g/mol. The van der Waals surface area contributed by atoms with Gasteiger partial charge >= 0.3 is 5.97 Å². The Balaban J connectivity index is 2.59. The molecule has 0 radical (unpaired) electrons. The van der Waals surface area contributed by atoms with Gasteiger partial charge in [0.15, 0.2) is 4.75 Å². The summed E-state index contributed by atoms with van der Waals surface area (Å²) < 4.78 is 27.2. The number of amides is 1. The number of nitrogens with zero attached hydrogens (tertiary/aromatic N) is 1. The van der Waals surface area contributed by atoms with Gasteiger partial charge in [0, 0.05) is 6.54 Å². The Bertz CT molecular complexity index is 412. The van der Waals surface area contributed by atoms with Gasteiger partial charge in [0.2, 0.25) is 0 Å². The second-order valence-corrected chi connectivity index (χ2v) is 6.36. The second-order valence-electron chi connectivity index (χ2n) is 3.95. The van der Waals surface area contributed by atoms with E-state index in [9.17, 15) is 18.0 Å². The van der Waals surface area contributed by atoms with Crippen molar-refractivity contribution in [3.05, 3.63) is 0 Å². The summed E-state index contributed by atoms with van der Waals surface area (Å²) in [4.78, 5) is 22.5. The topological polar surface area (TPSA) is 80.8 Å². The SMILES string of the molecule is CCOC(=O)CCN1C(=O)C(C)(C)S1(=O)=O. The van der Waals surface area contributed by atoms with Crippen LogP contribution in [0.1, 0.15) is 27.2 Å². The number of hydrogen-bond acceptors (Lipinski definition) is 5. The molecular formula is C9H15NO5S. The number of rotatable bonds is 4. The summed E-state index contributed by atoms with van der Waals surface area (Å²) in [5.74, 6) is -0.980. The lowest BCUT2D eigenvalue weighted by atomic mass is 10.2. The van der Waals surface area contributed by atoms with Crippen LogP contribution in [-0.2, 0) is 24.3 Å². The summed E-state index contributed by atoms with van der Waals surface area (Å²) in [5, 5.41) is 0. The summed E-state index contributed by atoms with van der Waals surface area (Å²) in [6, 6.07) is 0. The maximum absolute atomic E-state index is 11.6. The number of hydrogen-bond donors (Lipinski definition) is 0. The molecule has 0 spiro atoms. The second kappa shape index (κ2) is 4.04. The highest BCUT2D eigenvalue weighted by Gasteiger charge is 2.59. The Labute approximate surface area is 94.6 Å². The molecule has 0 aromatic carbocycles. The highest BCUT2D eigenvalue weighted by atomic mass is 32.2. The zero-order valence-corrected chi connectivity index (χ0v) is 10.3. The molecule has 1 saturated heterocycles. The molecule has 1 aliphatic rings. The summed E-state index contributed by atoms with van der Waals surface area (Å²) in [6.07, 6.45) is -0.102. The van der Waals surface area contributed by atoms with Gasteiger partial charge in [-0.2, -0.15) is 0 Å². The quantitative estimate of drug-likeness (QED) is 0.649. The molecule has 1 rings (SSSR count). The van der Waals surface area contributed by atoms with Crippen molar-refractivity contribution >= 4 is 21.9 Å². The third kappa shape index (κ3) is 1.79.